The Morgan fingerprint density at radius 1 is 1.18 bits per heavy atom. The van der Waals surface area contributed by atoms with E-state index in [9.17, 15) is 28.4 Å². The first-order valence-electron chi connectivity index (χ1n) is 8.19. The lowest BCUT2D eigenvalue weighted by atomic mass is 9.94. The maximum atomic E-state index is 12.9. The quantitative estimate of drug-likeness (QED) is 0.625. The monoisotopic (exact) mass is 398 g/mol. The molecule has 28 heavy (non-hydrogen) atoms. The Morgan fingerprint density at radius 3 is 2.39 bits per heavy atom. The fourth-order valence-corrected chi connectivity index (χ4v) is 3.37. The molecule has 1 aliphatic heterocycles. The molecule has 0 aromatic heterocycles. The Balaban J connectivity index is 2.09. The van der Waals surface area contributed by atoms with E-state index in [1.165, 1.54) is 19.1 Å². The van der Waals surface area contributed by atoms with Crippen molar-refractivity contribution in [2.75, 3.05) is 25.7 Å². The molecule has 0 fully saturated rings. The lowest BCUT2D eigenvalue weighted by molar-refractivity contribution is -0.384. The van der Waals surface area contributed by atoms with Gasteiger partial charge in [-0.25, -0.2) is 0 Å². The van der Waals surface area contributed by atoms with Crippen molar-refractivity contribution in [2.24, 2.45) is 0 Å². The van der Waals surface area contributed by atoms with Crippen LogP contribution in [0.1, 0.15) is 22.8 Å². The van der Waals surface area contributed by atoms with E-state index in [-0.39, 0.29) is 18.8 Å². The number of nitrogens with zero attached hydrogens (tertiary/aromatic N) is 2. The fourth-order valence-electron chi connectivity index (χ4n) is 3.37. The first-order valence-corrected chi connectivity index (χ1v) is 8.19. The van der Waals surface area contributed by atoms with E-state index < -0.39 is 28.5 Å². The Hall–Kier alpha value is -3.01. The number of ether oxygens (including phenoxy) is 2. The number of β-amino-alcohol motifs (C(OH)–C–C–N with tert-alkyl or cyclic N) is 1. The second-order valence-corrected chi connectivity index (χ2v) is 6.22. The lowest BCUT2D eigenvalue weighted by Crippen LogP contribution is -2.34. The first-order chi connectivity index (χ1) is 13.2. The number of nitro groups is 1. The van der Waals surface area contributed by atoms with E-state index in [1.54, 1.807) is 12.1 Å². The average Bonchev–Trinajstić information content (AvgIpc) is 2.65. The van der Waals surface area contributed by atoms with Gasteiger partial charge in [-0.05, 0) is 24.3 Å². The van der Waals surface area contributed by atoms with Crippen LogP contribution in [0.15, 0.2) is 30.3 Å². The molecule has 1 atom stereocenters. The molecule has 3 rings (SSSR count). The standard InChI is InChI=1S/C18H17F3N2O5/c1-27-15-5-6-16(28-2)17-11(15)8-22(9-14(17)24)12-4-3-10(18(19,20)21)7-13(12)23(25)26/h3-7,14,24H,8-9H2,1-2H3. The van der Waals surface area contributed by atoms with Crippen molar-refractivity contribution in [3.05, 3.63) is 57.1 Å². The molecule has 0 aliphatic carbocycles. The first kappa shape index (κ1) is 19.7. The number of alkyl halides is 3. The maximum absolute atomic E-state index is 12.9. The zero-order chi connectivity index (χ0) is 20.6. The topological polar surface area (TPSA) is 85.1 Å². The van der Waals surface area contributed by atoms with Crippen LogP contribution in [0.3, 0.4) is 0 Å². The van der Waals surface area contributed by atoms with Gasteiger partial charge in [-0.15, -0.1) is 0 Å². The molecule has 2 aromatic carbocycles. The van der Waals surface area contributed by atoms with Crippen molar-refractivity contribution < 1.29 is 32.7 Å². The predicted octanol–water partition coefficient (Wildman–Crippen LogP) is 3.68. The van der Waals surface area contributed by atoms with Gasteiger partial charge in [0.05, 0.1) is 24.7 Å². The molecule has 0 radical (unpaired) electrons. The van der Waals surface area contributed by atoms with Crippen molar-refractivity contribution in [3.8, 4) is 11.5 Å². The third-order valence-corrected chi connectivity index (χ3v) is 4.63. The molecule has 0 saturated heterocycles. The van der Waals surface area contributed by atoms with Crippen LogP contribution in [0.2, 0.25) is 0 Å². The van der Waals surface area contributed by atoms with E-state index in [0.29, 0.717) is 28.7 Å². The van der Waals surface area contributed by atoms with Gasteiger partial charge in [-0.1, -0.05) is 0 Å². The molecule has 0 spiro atoms. The van der Waals surface area contributed by atoms with Gasteiger partial charge in [0.25, 0.3) is 5.69 Å². The second-order valence-electron chi connectivity index (χ2n) is 6.22. The van der Waals surface area contributed by atoms with Crippen LogP contribution in [0.5, 0.6) is 11.5 Å². The molecule has 0 bridgehead atoms. The molecule has 1 unspecified atom stereocenters. The van der Waals surface area contributed by atoms with Crippen LogP contribution < -0.4 is 14.4 Å². The van der Waals surface area contributed by atoms with Crippen LogP contribution in [-0.4, -0.2) is 30.8 Å². The van der Waals surface area contributed by atoms with Crippen molar-refractivity contribution >= 4 is 11.4 Å². The highest BCUT2D eigenvalue weighted by molar-refractivity contribution is 5.67. The molecule has 2 aromatic rings. The highest BCUT2D eigenvalue weighted by atomic mass is 19.4. The number of halogens is 3. The summed E-state index contributed by atoms with van der Waals surface area (Å²) in [7, 11) is 2.88. The smallest absolute Gasteiger partial charge is 0.416 e. The van der Waals surface area contributed by atoms with Crippen LogP contribution >= 0.6 is 0 Å². The second kappa shape index (κ2) is 7.19. The fraction of sp³-hybridized carbons (Fsp3) is 0.333. The van der Waals surface area contributed by atoms with Gasteiger partial charge in [0.2, 0.25) is 0 Å². The average molecular weight is 398 g/mol. The molecule has 150 valence electrons. The number of methoxy groups -OCH3 is 2. The molecule has 1 aliphatic rings. The maximum Gasteiger partial charge on any atom is 0.416 e. The molecule has 1 heterocycles. The van der Waals surface area contributed by atoms with Crippen molar-refractivity contribution in [1.29, 1.82) is 0 Å². The number of nitro benzene ring substituents is 1. The van der Waals surface area contributed by atoms with Gasteiger partial charge < -0.3 is 19.5 Å². The van der Waals surface area contributed by atoms with Gasteiger partial charge >= 0.3 is 6.18 Å². The summed E-state index contributed by atoms with van der Waals surface area (Å²) in [6.07, 6.45) is -5.77. The Kier molecular flexibility index (Phi) is 5.07. The largest absolute Gasteiger partial charge is 0.496 e. The van der Waals surface area contributed by atoms with E-state index in [1.807, 2.05) is 0 Å². The zero-order valence-electron chi connectivity index (χ0n) is 15.0. The van der Waals surface area contributed by atoms with Crippen molar-refractivity contribution in [1.82, 2.24) is 0 Å². The zero-order valence-corrected chi connectivity index (χ0v) is 15.0. The van der Waals surface area contributed by atoms with Crippen molar-refractivity contribution in [2.45, 2.75) is 18.8 Å². The molecule has 0 saturated carbocycles. The molecule has 1 N–H and O–H groups in total. The molecule has 7 nitrogen and oxygen atoms in total. The minimum Gasteiger partial charge on any atom is -0.496 e. The number of rotatable bonds is 4. The third kappa shape index (κ3) is 3.42. The molecule has 0 amide bonds. The number of benzene rings is 2. The summed E-state index contributed by atoms with van der Waals surface area (Å²) in [6, 6.07) is 5.60. The molecular weight excluding hydrogens is 381 g/mol. The number of hydrogen-bond donors (Lipinski definition) is 1. The minimum atomic E-state index is -4.70. The van der Waals surface area contributed by atoms with Crippen LogP contribution in [0.25, 0.3) is 0 Å². The number of aliphatic hydroxyl groups is 1. The summed E-state index contributed by atoms with van der Waals surface area (Å²) in [6.45, 7) is 0.0434. The van der Waals surface area contributed by atoms with Crippen LogP contribution in [0.4, 0.5) is 24.5 Å². The Bertz CT molecular complexity index is 917. The van der Waals surface area contributed by atoms with E-state index in [4.69, 9.17) is 9.47 Å². The minimum absolute atomic E-state index is 0.0208. The number of aliphatic hydroxyl groups excluding tert-OH is 1. The summed E-state index contributed by atoms with van der Waals surface area (Å²) in [5, 5.41) is 22.0. The highest BCUT2D eigenvalue weighted by Crippen LogP contribution is 2.43. The molecule has 10 heteroatoms. The Labute approximate surface area is 158 Å². The number of fused-ring (bicyclic) bond motifs is 1. The normalized spacial score (nSPS) is 16.5. The van der Waals surface area contributed by atoms with Crippen molar-refractivity contribution in [3.63, 3.8) is 0 Å². The lowest BCUT2D eigenvalue weighted by Gasteiger charge is -2.35. The van der Waals surface area contributed by atoms with E-state index in [0.717, 1.165) is 12.1 Å². The molecular formula is C18H17F3N2O5. The van der Waals surface area contributed by atoms with E-state index in [2.05, 4.69) is 0 Å². The van der Waals surface area contributed by atoms with Gasteiger partial charge in [-0.2, -0.15) is 13.2 Å². The Morgan fingerprint density at radius 2 is 1.82 bits per heavy atom. The summed E-state index contributed by atoms with van der Waals surface area (Å²) >= 11 is 0. The van der Waals surface area contributed by atoms with Crippen LogP contribution in [-0.2, 0) is 12.7 Å². The summed E-state index contributed by atoms with van der Waals surface area (Å²) in [4.78, 5) is 12.0. The number of anilines is 1. The third-order valence-electron chi connectivity index (χ3n) is 4.63. The summed E-state index contributed by atoms with van der Waals surface area (Å²) in [5.74, 6) is 0.874. The predicted molar refractivity (Wildman–Crippen MR) is 93.7 cm³/mol. The van der Waals surface area contributed by atoms with Gasteiger partial charge in [0, 0.05) is 30.3 Å². The van der Waals surface area contributed by atoms with E-state index >= 15 is 0 Å². The van der Waals surface area contributed by atoms with Gasteiger partial charge in [-0.3, -0.25) is 10.1 Å². The number of hydrogen-bond acceptors (Lipinski definition) is 6. The summed E-state index contributed by atoms with van der Waals surface area (Å²) < 4.78 is 49.4. The highest BCUT2D eigenvalue weighted by Gasteiger charge is 2.36. The van der Waals surface area contributed by atoms with Gasteiger partial charge in [0.1, 0.15) is 23.3 Å². The summed E-state index contributed by atoms with van der Waals surface area (Å²) in [5.41, 5.74) is -0.775. The van der Waals surface area contributed by atoms with Gasteiger partial charge in [0.15, 0.2) is 0 Å². The SMILES string of the molecule is COc1ccc(OC)c2c1CN(c1ccc(C(F)(F)F)cc1[N+](=O)[O-])CC2O. The van der Waals surface area contributed by atoms with Crippen LogP contribution in [0, 0.1) is 10.1 Å².